The lowest BCUT2D eigenvalue weighted by Gasteiger charge is -2.30. The quantitative estimate of drug-likeness (QED) is 0.231. The Hall–Kier alpha value is -4.89. The van der Waals surface area contributed by atoms with Crippen LogP contribution in [0.4, 0.5) is 23.7 Å². The summed E-state index contributed by atoms with van der Waals surface area (Å²) in [5.74, 6) is -1.24. The van der Waals surface area contributed by atoms with Gasteiger partial charge in [-0.1, -0.05) is 23.8 Å². The summed E-state index contributed by atoms with van der Waals surface area (Å²) < 4.78 is 53.4. The van der Waals surface area contributed by atoms with Crippen molar-refractivity contribution in [2.45, 2.75) is 103 Å². The molecule has 2 aromatic heterocycles. The normalized spacial score (nSPS) is 17.1. The van der Waals surface area contributed by atoms with Gasteiger partial charge in [-0.2, -0.15) is 8.78 Å². The molecule has 3 N–H and O–H groups in total. The van der Waals surface area contributed by atoms with E-state index in [9.17, 15) is 32.3 Å². The molecule has 3 amide bonds. The summed E-state index contributed by atoms with van der Waals surface area (Å²) in [7, 11) is 0. The van der Waals surface area contributed by atoms with Gasteiger partial charge in [-0.25, -0.2) is 13.9 Å². The first-order valence-corrected chi connectivity index (χ1v) is 16.0. The maximum absolute atomic E-state index is 14.8. The lowest BCUT2D eigenvalue weighted by molar-refractivity contribution is -0.159. The maximum Gasteiger partial charge on any atom is 0.407 e. The van der Waals surface area contributed by atoms with Crippen molar-refractivity contribution in [3.63, 3.8) is 0 Å². The average molecular weight is 690 g/mol. The number of ether oxygens (including phenoxy) is 2. The minimum atomic E-state index is -3.35. The van der Waals surface area contributed by atoms with Gasteiger partial charge in [0, 0.05) is 49.9 Å². The Morgan fingerprint density at radius 1 is 1.10 bits per heavy atom. The zero-order valence-corrected chi connectivity index (χ0v) is 27.9. The monoisotopic (exact) mass is 689 g/mol. The molecule has 0 bridgehead atoms. The Kier molecular flexibility index (Phi) is 12.1. The van der Waals surface area contributed by atoms with Gasteiger partial charge in [-0.05, 0) is 70.2 Å². The number of alkyl carbamates (subject to hydrolysis) is 1. The van der Waals surface area contributed by atoms with Crippen molar-refractivity contribution < 1.29 is 37.0 Å². The van der Waals surface area contributed by atoms with Crippen LogP contribution in [0, 0.1) is 5.92 Å². The number of hydrogen-bond donors (Lipinski definition) is 3. The van der Waals surface area contributed by atoms with Gasteiger partial charge in [0.15, 0.2) is 5.69 Å². The fourth-order valence-electron chi connectivity index (χ4n) is 5.31. The molecule has 3 aromatic rings. The Bertz CT molecular complexity index is 1670. The van der Waals surface area contributed by atoms with Crippen molar-refractivity contribution in [2.24, 2.45) is 5.92 Å². The summed E-state index contributed by atoms with van der Waals surface area (Å²) in [6, 6.07) is 8.53. The van der Waals surface area contributed by atoms with Gasteiger partial charge in [0.05, 0.1) is 12.7 Å². The lowest BCUT2D eigenvalue weighted by atomic mass is 9.85. The third-order valence-electron chi connectivity index (χ3n) is 7.52. The van der Waals surface area contributed by atoms with E-state index in [1.165, 1.54) is 45.9 Å². The van der Waals surface area contributed by atoms with Gasteiger partial charge < -0.3 is 30.0 Å². The third-order valence-corrected chi connectivity index (χ3v) is 7.52. The van der Waals surface area contributed by atoms with Crippen LogP contribution in [-0.2, 0) is 29.2 Å². The molecule has 13 nitrogen and oxygen atoms in total. The van der Waals surface area contributed by atoms with E-state index in [2.05, 4.69) is 31.0 Å². The van der Waals surface area contributed by atoms with Gasteiger partial charge in [-0.3, -0.25) is 14.4 Å². The minimum Gasteiger partial charge on any atom is -0.444 e. The number of benzene rings is 1. The van der Waals surface area contributed by atoms with Crippen LogP contribution >= 0.6 is 0 Å². The van der Waals surface area contributed by atoms with Crippen LogP contribution in [0.2, 0.25) is 0 Å². The van der Waals surface area contributed by atoms with Crippen molar-refractivity contribution >= 4 is 23.6 Å². The molecule has 49 heavy (non-hydrogen) atoms. The van der Waals surface area contributed by atoms with Crippen molar-refractivity contribution in [1.29, 1.82) is 0 Å². The van der Waals surface area contributed by atoms with Gasteiger partial charge in [-0.15, -0.1) is 5.10 Å². The Labute approximate surface area is 281 Å². The Morgan fingerprint density at radius 3 is 2.59 bits per heavy atom. The van der Waals surface area contributed by atoms with Crippen LogP contribution in [0.15, 0.2) is 53.6 Å². The number of nitrogens with one attached hydrogen (secondary N) is 3. The minimum absolute atomic E-state index is 0.00944. The second-order valence-electron chi connectivity index (χ2n) is 13.1. The molecule has 4 rings (SSSR count). The summed E-state index contributed by atoms with van der Waals surface area (Å²) in [6.07, 6.45) is 0.0373. The molecule has 0 aliphatic heterocycles. The smallest absolute Gasteiger partial charge is 0.407 e. The summed E-state index contributed by atoms with van der Waals surface area (Å²) in [6.45, 7) is 5.81. The zero-order valence-electron chi connectivity index (χ0n) is 27.9. The second-order valence-corrected chi connectivity index (χ2v) is 13.1. The molecule has 0 spiro atoms. The average Bonchev–Trinajstić information content (AvgIpc) is 3.46. The third kappa shape index (κ3) is 12.3. The van der Waals surface area contributed by atoms with E-state index in [4.69, 9.17) is 4.74 Å². The van der Waals surface area contributed by atoms with Crippen molar-refractivity contribution in [3.05, 3.63) is 70.4 Å². The highest BCUT2D eigenvalue weighted by Crippen LogP contribution is 2.26. The Balaban J connectivity index is 1.21. The number of alkyl halides is 3. The van der Waals surface area contributed by atoms with E-state index < -0.39 is 35.4 Å². The molecular formula is C33H42F3N7O6. The van der Waals surface area contributed by atoms with E-state index in [1.54, 1.807) is 32.9 Å². The molecule has 16 heteroatoms. The van der Waals surface area contributed by atoms with Gasteiger partial charge in [0.2, 0.25) is 5.91 Å². The SMILES string of the molecule is CC(C)(C)OC(=O)N[C@@H]1CCC[C@@H](C(=O)Nc2ccn(CCC(F)Cn3cc(C(=O)NCc4cccc(OC(C)(F)F)c4)nn3)c(=O)c2)C1. The summed E-state index contributed by atoms with van der Waals surface area (Å²) in [5, 5.41) is 15.8. The fourth-order valence-corrected chi connectivity index (χ4v) is 5.31. The van der Waals surface area contributed by atoms with E-state index in [0.717, 1.165) is 12.8 Å². The Morgan fingerprint density at radius 2 is 1.88 bits per heavy atom. The van der Waals surface area contributed by atoms with Crippen molar-refractivity contribution in [1.82, 2.24) is 30.2 Å². The highest BCUT2D eigenvalue weighted by molar-refractivity contribution is 5.92. The largest absolute Gasteiger partial charge is 0.444 e. The molecule has 0 saturated heterocycles. The number of pyridine rings is 1. The van der Waals surface area contributed by atoms with Crippen LogP contribution in [0.3, 0.4) is 0 Å². The predicted molar refractivity (Wildman–Crippen MR) is 173 cm³/mol. The van der Waals surface area contributed by atoms with Gasteiger partial charge >= 0.3 is 12.2 Å². The number of anilines is 1. The first kappa shape index (κ1) is 36.9. The number of hydrogen-bond acceptors (Lipinski definition) is 8. The van der Waals surface area contributed by atoms with E-state index in [0.29, 0.717) is 31.0 Å². The molecule has 1 saturated carbocycles. The van der Waals surface area contributed by atoms with Crippen LogP contribution in [0.1, 0.15) is 75.9 Å². The number of amides is 3. The van der Waals surface area contributed by atoms with Crippen molar-refractivity contribution in [3.8, 4) is 5.75 Å². The number of carbonyl (C=O) groups is 3. The molecule has 2 heterocycles. The predicted octanol–water partition coefficient (Wildman–Crippen LogP) is 4.81. The molecule has 1 fully saturated rings. The number of carbonyl (C=O) groups excluding carboxylic acids is 3. The maximum atomic E-state index is 14.8. The highest BCUT2D eigenvalue weighted by atomic mass is 19.3. The highest BCUT2D eigenvalue weighted by Gasteiger charge is 2.29. The molecule has 0 radical (unpaired) electrons. The first-order valence-electron chi connectivity index (χ1n) is 16.0. The number of nitrogens with zero attached hydrogens (tertiary/aromatic N) is 4. The van der Waals surface area contributed by atoms with Crippen molar-refractivity contribution in [2.75, 3.05) is 5.32 Å². The van der Waals surface area contributed by atoms with E-state index >= 15 is 0 Å². The standard InChI is InChI=1S/C33H42F3N7O6/c1-32(2,3)49-31(47)39-24-9-6-8-22(16-24)29(45)38-25-12-14-42(28(44)17-25)13-11-23(34)19-43-20-27(40-41-43)30(46)37-18-21-7-5-10-26(15-21)48-33(4,35)36/h5,7,10,12,14-15,17,20,22-24H,6,8-9,11,13,16,18-19H2,1-4H3,(H,37,46)(H,38,45)(H,39,47)/t22-,23?,24-/m1/s1. The van der Waals surface area contributed by atoms with Crippen LogP contribution in [0.5, 0.6) is 5.75 Å². The molecular weight excluding hydrogens is 647 g/mol. The molecule has 1 aliphatic rings. The number of rotatable bonds is 13. The van der Waals surface area contributed by atoms with Gasteiger partial charge in [0.25, 0.3) is 11.5 Å². The van der Waals surface area contributed by atoms with Crippen LogP contribution < -0.4 is 26.2 Å². The van der Waals surface area contributed by atoms with Gasteiger partial charge in [0.1, 0.15) is 17.5 Å². The first-order chi connectivity index (χ1) is 23.0. The zero-order chi connectivity index (χ0) is 35.8. The topological polar surface area (TPSA) is 158 Å². The molecule has 1 aliphatic carbocycles. The van der Waals surface area contributed by atoms with Crippen LogP contribution in [-0.4, -0.2) is 61.4 Å². The summed E-state index contributed by atoms with van der Waals surface area (Å²) in [5.41, 5.74) is -0.264. The molecule has 1 aromatic carbocycles. The summed E-state index contributed by atoms with van der Waals surface area (Å²) in [4.78, 5) is 50.3. The second kappa shape index (κ2) is 16.0. The fraction of sp³-hybridized carbons (Fsp3) is 0.515. The number of halogens is 3. The molecule has 266 valence electrons. The molecule has 3 atom stereocenters. The van der Waals surface area contributed by atoms with Crippen LogP contribution in [0.25, 0.3) is 0 Å². The van der Waals surface area contributed by atoms with E-state index in [-0.39, 0.29) is 55.4 Å². The van der Waals surface area contributed by atoms with E-state index in [1.807, 2.05) is 0 Å². The molecule has 1 unspecified atom stereocenters. The number of aromatic nitrogens is 4. The summed E-state index contributed by atoms with van der Waals surface area (Å²) >= 11 is 0. The number of aryl methyl sites for hydroxylation is 1. The lowest BCUT2D eigenvalue weighted by Crippen LogP contribution is -2.43.